The summed E-state index contributed by atoms with van der Waals surface area (Å²) < 4.78 is 1.96. The normalized spacial score (nSPS) is 11.8. The highest BCUT2D eigenvalue weighted by Crippen LogP contribution is 2.11. The molecule has 1 aromatic carbocycles. The summed E-state index contributed by atoms with van der Waals surface area (Å²) in [4.78, 5) is 14.5. The lowest BCUT2D eigenvalue weighted by Gasteiger charge is -2.32. The Labute approximate surface area is 144 Å². The van der Waals surface area contributed by atoms with Crippen LogP contribution < -0.4 is 5.32 Å². The van der Waals surface area contributed by atoms with Crippen molar-refractivity contribution in [2.24, 2.45) is 0 Å². The molecule has 0 spiro atoms. The smallest absolute Gasteiger partial charge is 0.251 e. The fourth-order valence-electron chi connectivity index (χ4n) is 2.38. The average molecular weight is 328 g/mol. The summed E-state index contributed by atoms with van der Waals surface area (Å²) in [5.74, 6) is -0.0415. The Morgan fingerprint density at radius 1 is 1.25 bits per heavy atom. The number of hydrogen-bond donors (Lipinski definition) is 1. The van der Waals surface area contributed by atoms with Gasteiger partial charge in [0.1, 0.15) is 0 Å². The number of benzene rings is 1. The van der Waals surface area contributed by atoms with Crippen molar-refractivity contribution in [3.05, 3.63) is 52.8 Å². The first kappa shape index (κ1) is 18.2. The van der Waals surface area contributed by atoms with Gasteiger partial charge in [0.2, 0.25) is 0 Å². The van der Waals surface area contributed by atoms with Crippen LogP contribution in [0.15, 0.2) is 30.3 Å². The molecule has 0 aliphatic rings. The van der Waals surface area contributed by atoms with E-state index in [1.54, 1.807) is 0 Å². The minimum absolute atomic E-state index is 0.0415. The molecule has 130 valence electrons. The van der Waals surface area contributed by atoms with Crippen molar-refractivity contribution in [1.82, 2.24) is 20.0 Å². The summed E-state index contributed by atoms with van der Waals surface area (Å²) in [6, 6.07) is 9.79. The number of aryl methyl sites for hydroxylation is 2. The Morgan fingerprint density at radius 2 is 1.96 bits per heavy atom. The van der Waals surface area contributed by atoms with E-state index in [1.165, 1.54) is 0 Å². The van der Waals surface area contributed by atoms with Gasteiger partial charge in [0.15, 0.2) is 0 Å². The second-order valence-corrected chi connectivity index (χ2v) is 7.17. The molecule has 2 rings (SSSR count). The van der Waals surface area contributed by atoms with Gasteiger partial charge in [-0.25, -0.2) is 0 Å². The van der Waals surface area contributed by atoms with Gasteiger partial charge in [-0.05, 0) is 65.6 Å². The fourth-order valence-corrected chi connectivity index (χ4v) is 2.38. The van der Waals surface area contributed by atoms with Crippen LogP contribution in [0.25, 0.3) is 0 Å². The molecular weight excluding hydrogens is 300 g/mol. The van der Waals surface area contributed by atoms with Crippen LogP contribution in [0, 0.1) is 13.8 Å². The van der Waals surface area contributed by atoms with E-state index in [4.69, 9.17) is 0 Å². The van der Waals surface area contributed by atoms with Crippen LogP contribution in [0.1, 0.15) is 41.2 Å². The molecule has 0 aliphatic carbocycles. The average Bonchev–Trinajstić information content (AvgIpc) is 2.82. The lowest BCUT2D eigenvalue weighted by Crippen LogP contribution is -2.48. The lowest BCUT2D eigenvalue weighted by atomic mass is 10.0. The number of nitrogens with one attached hydrogen (secondary N) is 1. The van der Waals surface area contributed by atoms with Crippen molar-refractivity contribution in [2.75, 3.05) is 20.6 Å². The summed E-state index contributed by atoms with van der Waals surface area (Å²) in [5.41, 5.74) is 3.79. The molecule has 2 aromatic rings. The van der Waals surface area contributed by atoms with E-state index < -0.39 is 0 Å². The third kappa shape index (κ3) is 4.45. The fraction of sp³-hybridized carbons (Fsp3) is 0.474. The molecule has 0 fully saturated rings. The van der Waals surface area contributed by atoms with E-state index in [2.05, 4.69) is 35.2 Å². The molecule has 1 N–H and O–H groups in total. The Hall–Kier alpha value is -2.14. The van der Waals surface area contributed by atoms with Crippen LogP contribution in [-0.2, 0) is 6.54 Å². The van der Waals surface area contributed by atoms with Crippen LogP contribution in [0.3, 0.4) is 0 Å². The second-order valence-electron chi connectivity index (χ2n) is 7.17. The zero-order chi connectivity index (χ0) is 17.9. The zero-order valence-electron chi connectivity index (χ0n) is 15.6. The second kappa shape index (κ2) is 7.18. The largest absolute Gasteiger partial charge is 0.350 e. The predicted molar refractivity (Wildman–Crippen MR) is 97.3 cm³/mol. The Morgan fingerprint density at radius 3 is 2.54 bits per heavy atom. The SMILES string of the molecule is Cc1cc(C)n(Cc2cccc(C(=O)NCC(C)(C)N(C)C)c2)n1. The maximum atomic E-state index is 12.4. The van der Waals surface area contributed by atoms with Gasteiger partial charge < -0.3 is 10.2 Å². The molecule has 1 aromatic heterocycles. The van der Waals surface area contributed by atoms with Crippen molar-refractivity contribution in [1.29, 1.82) is 0 Å². The minimum Gasteiger partial charge on any atom is -0.350 e. The Bertz CT molecular complexity index is 716. The first-order valence-electron chi connectivity index (χ1n) is 8.24. The van der Waals surface area contributed by atoms with Crippen molar-refractivity contribution >= 4 is 5.91 Å². The Balaban J connectivity index is 2.07. The molecule has 1 amide bonds. The molecule has 0 aliphatic heterocycles. The molecule has 5 heteroatoms. The number of amides is 1. The van der Waals surface area contributed by atoms with Crippen molar-refractivity contribution in [3.8, 4) is 0 Å². The van der Waals surface area contributed by atoms with E-state index in [9.17, 15) is 4.79 Å². The van der Waals surface area contributed by atoms with Crippen molar-refractivity contribution in [2.45, 2.75) is 39.8 Å². The molecular formula is C19H28N4O. The first-order valence-corrected chi connectivity index (χ1v) is 8.24. The summed E-state index contributed by atoms with van der Waals surface area (Å²) in [6.45, 7) is 9.50. The number of rotatable bonds is 6. The van der Waals surface area contributed by atoms with Crippen LogP contribution in [0.5, 0.6) is 0 Å². The number of hydrogen-bond acceptors (Lipinski definition) is 3. The van der Waals surface area contributed by atoms with Crippen molar-refractivity contribution < 1.29 is 4.79 Å². The lowest BCUT2D eigenvalue weighted by molar-refractivity contribution is 0.0919. The van der Waals surface area contributed by atoms with Gasteiger partial charge in [-0.2, -0.15) is 5.10 Å². The van der Waals surface area contributed by atoms with Gasteiger partial charge in [-0.1, -0.05) is 12.1 Å². The number of aromatic nitrogens is 2. The molecule has 1 heterocycles. The topological polar surface area (TPSA) is 50.2 Å². The van der Waals surface area contributed by atoms with Crippen molar-refractivity contribution in [3.63, 3.8) is 0 Å². The van der Waals surface area contributed by atoms with Gasteiger partial charge in [0.25, 0.3) is 5.91 Å². The van der Waals surface area contributed by atoms with Gasteiger partial charge in [0.05, 0.1) is 12.2 Å². The molecule has 0 unspecified atom stereocenters. The van der Waals surface area contributed by atoms with Gasteiger partial charge in [-0.15, -0.1) is 0 Å². The molecule has 0 atom stereocenters. The monoisotopic (exact) mass is 328 g/mol. The molecule has 0 saturated heterocycles. The van der Waals surface area contributed by atoms with Crippen LogP contribution >= 0.6 is 0 Å². The third-order valence-electron chi connectivity index (χ3n) is 4.52. The van der Waals surface area contributed by atoms with Gasteiger partial charge >= 0.3 is 0 Å². The van der Waals surface area contributed by atoms with E-state index in [-0.39, 0.29) is 11.4 Å². The maximum Gasteiger partial charge on any atom is 0.251 e. The predicted octanol–water partition coefficient (Wildman–Crippen LogP) is 2.62. The summed E-state index contributed by atoms with van der Waals surface area (Å²) in [6.07, 6.45) is 0. The van der Waals surface area contributed by atoms with E-state index in [0.717, 1.165) is 17.0 Å². The number of carbonyl (C=O) groups is 1. The summed E-state index contributed by atoms with van der Waals surface area (Å²) in [7, 11) is 4.03. The van der Waals surface area contributed by atoms with E-state index in [0.29, 0.717) is 18.7 Å². The van der Waals surface area contributed by atoms with Crippen LogP contribution in [-0.4, -0.2) is 46.8 Å². The number of nitrogens with zero attached hydrogens (tertiary/aromatic N) is 3. The molecule has 24 heavy (non-hydrogen) atoms. The van der Waals surface area contributed by atoms with E-state index >= 15 is 0 Å². The maximum absolute atomic E-state index is 12.4. The Kier molecular flexibility index (Phi) is 5.44. The van der Waals surface area contributed by atoms with Crippen LogP contribution in [0.2, 0.25) is 0 Å². The van der Waals surface area contributed by atoms with Gasteiger partial charge in [0, 0.05) is 23.3 Å². The standard InChI is InChI=1S/C19H28N4O/c1-14-10-15(2)23(21-14)12-16-8-7-9-17(11-16)18(24)20-13-19(3,4)22(5)6/h7-11H,12-13H2,1-6H3,(H,20,24). The number of carbonyl (C=O) groups excluding carboxylic acids is 1. The van der Waals surface area contributed by atoms with Gasteiger partial charge in [-0.3, -0.25) is 9.48 Å². The third-order valence-corrected chi connectivity index (χ3v) is 4.52. The quantitative estimate of drug-likeness (QED) is 0.887. The summed E-state index contributed by atoms with van der Waals surface area (Å²) in [5, 5.41) is 7.50. The highest BCUT2D eigenvalue weighted by molar-refractivity contribution is 5.94. The molecule has 0 radical (unpaired) electrons. The highest BCUT2D eigenvalue weighted by Gasteiger charge is 2.21. The molecule has 0 saturated carbocycles. The molecule has 5 nitrogen and oxygen atoms in total. The minimum atomic E-state index is -0.0863. The van der Waals surface area contributed by atoms with E-state index in [1.807, 2.05) is 56.9 Å². The molecule has 0 bridgehead atoms. The first-order chi connectivity index (χ1) is 11.2. The number of likely N-dealkylation sites (N-methyl/N-ethyl adjacent to an activating group) is 1. The highest BCUT2D eigenvalue weighted by atomic mass is 16.1. The van der Waals surface area contributed by atoms with Crippen LogP contribution in [0.4, 0.5) is 0 Å². The summed E-state index contributed by atoms with van der Waals surface area (Å²) >= 11 is 0. The zero-order valence-corrected chi connectivity index (χ0v) is 15.6.